The molecular weight excluding hydrogens is 316 g/mol. The number of carbonyl (C=O) groups is 1. The van der Waals surface area contributed by atoms with Crippen LogP contribution in [-0.2, 0) is 17.9 Å². The van der Waals surface area contributed by atoms with Crippen molar-refractivity contribution in [3.05, 3.63) is 65.2 Å². The maximum Gasteiger partial charge on any atom is 0.251 e. The molecule has 1 N–H and O–H groups in total. The molecule has 0 fully saturated rings. The van der Waals surface area contributed by atoms with E-state index < -0.39 is 0 Å². The average Bonchev–Trinajstić information content (AvgIpc) is 2.61. The Labute approximate surface area is 149 Å². The highest BCUT2D eigenvalue weighted by Crippen LogP contribution is 2.13. The summed E-state index contributed by atoms with van der Waals surface area (Å²) in [7, 11) is 5.67. The second-order valence-electron chi connectivity index (χ2n) is 6.11. The van der Waals surface area contributed by atoms with Gasteiger partial charge in [-0.25, -0.2) is 0 Å². The van der Waals surface area contributed by atoms with Crippen LogP contribution < -0.4 is 10.1 Å². The minimum Gasteiger partial charge on any atom is -0.492 e. The van der Waals surface area contributed by atoms with Crippen LogP contribution in [-0.4, -0.2) is 45.2 Å². The standard InChI is InChI=1S/C20H26N2O3/c1-22(2)11-12-25-19-6-4-5-17(13-19)14-21-20(23)18-9-7-16(8-10-18)15-24-3/h4-10,13H,11-12,14-15H2,1-3H3,(H,21,23). The molecule has 2 aromatic rings. The highest BCUT2D eigenvalue weighted by molar-refractivity contribution is 5.94. The number of rotatable bonds is 9. The van der Waals surface area contributed by atoms with Crippen molar-refractivity contribution in [1.29, 1.82) is 0 Å². The molecule has 2 rings (SSSR count). The van der Waals surface area contributed by atoms with E-state index in [0.29, 0.717) is 25.3 Å². The highest BCUT2D eigenvalue weighted by atomic mass is 16.5. The predicted molar refractivity (Wildman–Crippen MR) is 98.8 cm³/mol. The van der Waals surface area contributed by atoms with Gasteiger partial charge in [0.25, 0.3) is 5.91 Å². The maximum atomic E-state index is 12.2. The van der Waals surface area contributed by atoms with E-state index in [1.54, 1.807) is 7.11 Å². The van der Waals surface area contributed by atoms with Crippen molar-refractivity contribution in [2.45, 2.75) is 13.2 Å². The first-order chi connectivity index (χ1) is 12.1. The maximum absolute atomic E-state index is 12.2. The van der Waals surface area contributed by atoms with Gasteiger partial charge in [-0.05, 0) is 49.5 Å². The molecule has 0 bridgehead atoms. The number of nitrogens with zero attached hydrogens (tertiary/aromatic N) is 1. The quantitative estimate of drug-likeness (QED) is 0.761. The van der Waals surface area contributed by atoms with Gasteiger partial charge in [-0.3, -0.25) is 4.79 Å². The van der Waals surface area contributed by atoms with E-state index in [0.717, 1.165) is 23.4 Å². The summed E-state index contributed by atoms with van der Waals surface area (Å²) in [6.07, 6.45) is 0. The van der Waals surface area contributed by atoms with E-state index >= 15 is 0 Å². The lowest BCUT2D eigenvalue weighted by atomic mass is 10.1. The molecule has 0 aliphatic heterocycles. The molecule has 25 heavy (non-hydrogen) atoms. The molecule has 0 aliphatic rings. The van der Waals surface area contributed by atoms with Gasteiger partial charge in [-0.1, -0.05) is 24.3 Å². The Morgan fingerprint density at radius 3 is 2.52 bits per heavy atom. The molecule has 0 heterocycles. The summed E-state index contributed by atoms with van der Waals surface area (Å²) in [6, 6.07) is 15.2. The van der Waals surface area contributed by atoms with Crippen molar-refractivity contribution in [2.75, 3.05) is 34.4 Å². The van der Waals surface area contributed by atoms with Crippen molar-refractivity contribution >= 4 is 5.91 Å². The predicted octanol–water partition coefficient (Wildman–Crippen LogP) is 2.70. The molecule has 0 aromatic heterocycles. The number of nitrogens with one attached hydrogen (secondary N) is 1. The third-order valence-electron chi connectivity index (χ3n) is 3.69. The molecule has 134 valence electrons. The Morgan fingerprint density at radius 2 is 1.84 bits per heavy atom. The molecule has 5 heteroatoms. The van der Waals surface area contributed by atoms with Crippen molar-refractivity contribution in [2.24, 2.45) is 0 Å². The van der Waals surface area contributed by atoms with Crippen LogP contribution in [0.4, 0.5) is 0 Å². The van der Waals surface area contributed by atoms with Gasteiger partial charge in [-0.2, -0.15) is 0 Å². The number of hydrogen-bond acceptors (Lipinski definition) is 4. The van der Waals surface area contributed by atoms with E-state index in [1.807, 2.05) is 62.6 Å². The molecule has 5 nitrogen and oxygen atoms in total. The van der Waals surface area contributed by atoms with Gasteiger partial charge < -0.3 is 19.7 Å². The lowest BCUT2D eigenvalue weighted by molar-refractivity contribution is 0.0950. The van der Waals surface area contributed by atoms with Crippen molar-refractivity contribution < 1.29 is 14.3 Å². The van der Waals surface area contributed by atoms with Gasteiger partial charge in [0, 0.05) is 25.8 Å². The monoisotopic (exact) mass is 342 g/mol. The summed E-state index contributed by atoms with van der Waals surface area (Å²) in [4.78, 5) is 14.3. The summed E-state index contributed by atoms with van der Waals surface area (Å²) in [6.45, 7) is 2.50. The zero-order valence-corrected chi connectivity index (χ0v) is 15.1. The Balaban J connectivity index is 1.86. The van der Waals surface area contributed by atoms with E-state index in [4.69, 9.17) is 9.47 Å². The average molecular weight is 342 g/mol. The van der Waals surface area contributed by atoms with Gasteiger partial charge in [0.05, 0.1) is 6.61 Å². The molecule has 0 spiro atoms. The van der Waals surface area contributed by atoms with Gasteiger partial charge in [-0.15, -0.1) is 0 Å². The number of methoxy groups -OCH3 is 1. The van der Waals surface area contributed by atoms with Crippen molar-refractivity contribution in [1.82, 2.24) is 10.2 Å². The number of likely N-dealkylation sites (N-methyl/N-ethyl adjacent to an activating group) is 1. The number of amides is 1. The van der Waals surface area contributed by atoms with Crippen LogP contribution in [0.3, 0.4) is 0 Å². The Kier molecular flexibility index (Phi) is 7.44. The highest BCUT2D eigenvalue weighted by Gasteiger charge is 2.06. The molecule has 0 saturated carbocycles. The molecule has 1 amide bonds. The molecule has 0 radical (unpaired) electrons. The summed E-state index contributed by atoms with van der Waals surface area (Å²) in [5.41, 5.74) is 2.69. The van der Waals surface area contributed by atoms with Crippen molar-refractivity contribution in [3.63, 3.8) is 0 Å². The van der Waals surface area contributed by atoms with E-state index in [9.17, 15) is 4.79 Å². The van der Waals surface area contributed by atoms with Crippen LogP contribution in [0.1, 0.15) is 21.5 Å². The Hall–Kier alpha value is -2.37. The van der Waals surface area contributed by atoms with Gasteiger partial charge in [0.1, 0.15) is 12.4 Å². The zero-order valence-electron chi connectivity index (χ0n) is 15.1. The lowest BCUT2D eigenvalue weighted by Gasteiger charge is -2.12. The Morgan fingerprint density at radius 1 is 1.08 bits per heavy atom. The van der Waals surface area contributed by atoms with Gasteiger partial charge >= 0.3 is 0 Å². The number of hydrogen-bond donors (Lipinski definition) is 1. The second-order valence-corrected chi connectivity index (χ2v) is 6.11. The van der Waals surface area contributed by atoms with Crippen LogP contribution in [0.25, 0.3) is 0 Å². The first-order valence-corrected chi connectivity index (χ1v) is 8.31. The van der Waals surface area contributed by atoms with E-state index in [2.05, 4.69) is 10.2 Å². The van der Waals surface area contributed by atoms with E-state index in [1.165, 1.54) is 0 Å². The van der Waals surface area contributed by atoms with Crippen molar-refractivity contribution in [3.8, 4) is 5.75 Å². The van der Waals surface area contributed by atoms with Gasteiger partial charge in [0.15, 0.2) is 0 Å². The van der Waals surface area contributed by atoms with Crippen LogP contribution in [0.15, 0.2) is 48.5 Å². The first-order valence-electron chi connectivity index (χ1n) is 8.31. The fraction of sp³-hybridized carbons (Fsp3) is 0.350. The summed E-state index contributed by atoms with van der Waals surface area (Å²) in [5.74, 6) is 0.723. The third-order valence-corrected chi connectivity index (χ3v) is 3.69. The number of benzene rings is 2. The van der Waals surface area contributed by atoms with Crippen LogP contribution >= 0.6 is 0 Å². The van der Waals surface area contributed by atoms with Crippen LogP contribution in [0.2, 0.25) is 0 Å². The minimum atomic E-state index is -0.0945. The summed E-state index contributed by atoms with van der Waals surface area (Å²) in [5, 5.41) is 2.93. The smallest absolute Gasteiger partial charge is 0.251 e. The third kappa shape index (κ3) is 6.57. The summed E-state index contributed by atoms with van der Waals surface area (Å²) < 4.78 is 10.8. The Bertz CT molecular complexity index is 669. The fourth-order valence-corrected chi connectivity index (χ4v) is 2.29. The molecule has 2 aromatic carbocycles. The van der Waals surface area contributed by atoms with Crippen LogP contribution in [0.5, 0.6) is 5.75 Å². The molecular formula is C20H26N2O3. The normalized spacial score (nSPS) is 10.7. The zero-order chi connectivity index (χ0) is 18.1. The molecule has 0 aliphatic carbocycles. The second kappa shape index (κ2) is 9.81. The first kappa shape index (κ1) is 19.0. The fourth-order valence-electron chi connectivity index (χ4n) is 2.29. The summed E-state index contributed by atoms with van der Waals surface area (Å²) >= 11 is 0. The minimum absolute atomic E-state index is 0.0945. The molecule has 0 saturated heterocycles. The topological polar surface area (TPSA) is 50.8 Å². The molecule has 0 unspecified atom stereocenters. The van der Waals surface area contributed by atoms with Gasteiger partial charge in [0.2, 0.25) is 0 Å². The largest absolute Gasteiger partial charge is 0.492 e. The lowest BCUT2D eigenvalue weighted by Crippen LogP contribution is -2.22. The van der Waals surface area contributed by atoms with Crippen LogP contribution in [0, 0.1) is 0 Å². The van der Waals surface area contributed by atoms with E-state index in [-0.39, 0.29) is 5.91 Å². The SMILES string of the molecule is COCc1ccc(C(=O)NCc2cccc(OCCN(C)C)c2)cc1. The number of carbonyl (C=O) groups excluding carboxylic acids is 1. The number of ether oxygens (including phenoxy) is 2. The molecule has 0 atom stereocenters.